The van der Waals surface area contributed by atoms with Crippen molar-refractivity contribution in [2.75, 3.05) is 19.6 Å². The molecular formula is C16H26N4O. The van der Waals surface area contributed by atoms with Crippen LogP contribution in [0.15, 0.2) is 18.5 Å². The number of aromatic nitrogens is 2. The lowest BCUT2D eigenvalue weighted by Gasteiger charge is -2.37. The lowest BCUT2D eigenvalue weighted by Crippen LogP contribution is -2.55. The molecule has 1 aromatic heterocycles. The Kier molecular flexibility index (Phi) is 3.78. The largest absolute Gasteiger partial charge is 0.353 e. The highest BCUT2D eigenvalue weighted by Crippen LogP contribution is 2.51. The van der Waals surface area contributed by atoms with E-state index in [9.17, 15) is 4.79 Å². The van der Waals surface area contributed by atoms with Gasteiger partial charge in [-0.1, -0.05) is 13.8 Å². The van der Waals surface area contributed by atoms with Crippen molar-refractivity contribution in [3.8, 4) is 0 Å². The minimum atomic E-state index is -0.512. The van der Waals surface area contributed by atoms with Gasteiger partial charge in [0.25, 0.3) is 0 Å². The molecule has 2 heterocycles. The van der Waals surface area contributed by atoms with Crippen molar-refractivity contribution in [3.05, 3.63) is 18.5 Å². The van der Waals surface area contributed by atoms with Gasteiger partial charge >= 0.3 is 0 Å². The molecule has 1 amide bonds. The molecule has 1 aliphatic carbocycles. The second kappa shape index (κ2) is 5.44. The maximum atomic E-state index is 12.9. The van der Waals surface area contributed by atoms with Gasteiger partial charge in [0.15, 0.2) is 0 Å². The molecule has 0 bridgehead atoms. The SMILES string of the molecule is CC(C)C1(CNC(=O)C2(n3cccn3)CCNCC2)CC1. The summed E-state index contributed by atoms with van der Waals surface area (Å²) in [6, 6.07) is 1.90. The fourth-order valence-corrected chi connectivity index (χ4v) is 3.46. The van der Waals surface area contributed by atoms with Crippen molar-refractivity contribution in [1.29, 1.82) is 0 Å². The van der Waals surface area contributed by atoms with Crippen molar-refractivity contribution in [3.63, 3.8) is 0 Å². The summed E-state index contributed by atoms with van der Waals surface area (Å²) < 4.78 is 1.86. The van der Waals surface area contributed by atoms with Gasteiger partial charge in [-0.15, -0.1) is 0 Å². The minimum absolute atomic E-state index is 0.139. The molecule has 0 unspecified atom stereocenters. The number of carbonyl (C=O) groups is 1. The Bertz CT molecular complexity index is 484. The fourth-order valence-electron chi connectivity index (χ4n) is 3.46. The molecule has 1 aromatic rings. The molecule has 2 aliphatic rings. The van der Waals surface area contributed by atoms with Crippen LogP contribution in [0, 0.1) is 11.3 Å². The predicted molar refractivity (Wildman–Crippen MR) is 81.8 cm³/mol. The van der Waals surface area contributed by atoms with Gasteiger partial charge in [0.1, 0.15) is 5.54 Å². The first kappa shape index (κ1) is 14.6. The maximum absolute atomic E-state index is 12.9. The summed E-state index contributed by atoms with van der Waals surface area (Å²) in [4.78, 5) is 12.9. The smallest absolute Gasteiger partial charge is 0.248 e. The Morgan fingerprint density at radius 1 is 1.33 bits per heavy atom. The summed E-state index contributed by atoms with van der Waals surface area (Å²) in [7, 11) is 0. The molecule has 0 aromatic carbocycles. The molecule has 1 saturated carbocycles. The van der Waals surface area contributed by atoms with E-state index in [1.165, 1.54) is 12.8 Å². The summed E-state index contributed by atoms with van der Waals surface area (Å²) in [6.07, 6.45) is 7.75. The molecule has 0 spiro atoms. The Morgan fingerprint density at radius 3 is 2.57 bits per heavy atom. The first-order valence-corrected chi connectivity index (χ1v) is 8.08. The molecule has 116 valence electrons. The summed E-state index contributed by atoms with van der Waals surface area (Å²) in [5, 5.41) is 10.9. The zero-order chi connectivity index (χ0) is 14.9. The number of rotatable bonds is 5. The molecule has 5 heteroatoms. The average Bonchev–Trinajstić information content (AvgIpc) is 3.09. The molecule has 1 saturated heterocycles. The zero-order valence-corrected chi connectivity index (χ0v) is 13.1. The number of carbonyl (C=O) groups excluding carboxylic acids is 1. The number of hydrogen-bond donors (Lipinski definition) is 2. The lowest BCUT2D eigenvalue weighted by molar-refractivity contribution is -0.132. The summed E-state index contributed by atoms with van der Waals surface area (Å²) >= 11 is 0. The van der Waals surface area contributed by atoms with Crippen molar-refractivity contribution < 1.29 is 4.79 Å². The average molecular weight is 290 g/mol. The second-order valence-electron chi connectivity index (χ2n) is 6.93. The van der Waals surface area contributed by atoms with E-state index in [0.717, 1.165) is 32.5 Å². The standard InChI is InChI=1S/C16H26N4O/c1-13(2)15(4-5-15)12-18-14(21)16(6-9-17-10-7-16)20-11-3-8-19-20/h3,8,11,13,17H,4-7,9-10,12H2,1-2H3,(H,18,21). The van der Waals surface area contributed by atoms with E-state index in [-0.39, 0.29) is 5.91 Å². The van der Waals surface area contributed by atoms with E-state index in [1.54, 1.807) is 6.20 Å². The third-order valence-corrected chi connectivity index (χ3v) is 5.51. The van der Waals surface area contributed by atoms with E-state index in [1.807, 2.05) is 16.9 Å². The Hall–Kier alpha value is -1.36. The number of hydrogen-bond acceptors (Lipinski definition) is 3. The van der Waals surface area contributed by atoms with Crippen LogP contribution in [0.25, 0.3) is 0 Å². The van der Waals surface area contributed by atoms with E-state index in [0.29, 0.717) is 11.3 Å². The van der Waals surface area contributed by atoms with Gasteiger partial charge in [-0.3, -0.25) is 9.48 Å². The number of piperidine rings is 1. The highest BCUT2D eigenvalue weighted by atomic mass is 16.2. The predicted octanol–water partition coefficient (Wildman–Crippen LogP) is 1.51. The van der Waals surface area contributed by atoms with Crippen molar-refractivity contribution >= 4 is 5.91 Å². The molecule has 5 nitrogen and oxygen atoms in total. The van der Waals surface area contributed by atoms with E-state index in [4.69, 9.17) is 0 Å². The molecule has 0 atom stereocenters. The van der Waals surface area contributed by atoms with Gasteiger partial charge < -0.3 is 10.6 Å². The van der Waals surface area contributed by atoms with Crippen LogP contribution in [0.5, 0.6) is 0 Å². The highest BCUT2D eigenvalue weighted by Gasteiger charge is 2.47. The van der Waals surface area contributed by atoms with E-state index in [2.05, 4.69) is 29.6 Å². The van der Waals surface area contributed by atoms with Crippen LogP contribution in [0.4, 0.5) is 0 Å². The summed E-state index contributed by atoms with van der Waals surface area (Å²) in [6.45, 7) is 7.05. The number of amides is 1. The number of nitrogens with zero attached hydrogens (tertiary/aromatic N) is 2. The first-order chi connectivity index (χ1) is 10.1. The van der Waals surface area contributed by atoms with Crippen LogP contribution < -0.4 is 10.6 Å². The van der Waals surface area contributed by atoms with Gasteiger partial charge in [-0.25, -0.2) is 0 Å². The molecular weight excluding hydrogens is 264 g/mol. The molecule has 1 aliphatic heterocycles. The van der Waals surface area contributed by atoms with E-state index < -0.39 is 5.54 Å². The monoisotopic (exact) mass is 290 g/mol. The highest BCUT2D eigenvalue weighted by molar-refractivity contribution is 5.84. The van der Waals surface area contributed by atoms with Crippen molar-refractivity contribution in [2.45, 2.75) is 45.1 Å². The van der Waals surface area contributed by atoms with Gasteiger partial charge in [-0.2, -0.15) is 5.10 Å². The maximum Gasteiger partial charge on any atom is 0.248 e. The van der Waals surface area contributed by atoms with Crippen molar-refractivity contribution in [2.24, 2.45) is 11.3 Å². The lowest BCUT2D eigenvalue weighted by atomic mass is 9.86. The molecule has 2 fully saturated rings. The third-order valence-electron chi connectivity index (χ3n) is 5.51. The Balaban J connectivity index is 1.73. The topological polar surface area (TPSA) is 59.0 Å². The Labute approximate surface area is 126 Å². The number of nitrogens with one attached hydrogen (secondary N) is 2. The quantitative estimate of drug-likeness (QED) is 0.864. The zero-order valence-electron chi connectivity index (χ0n) is 13.1. The fraction of sp³-hybridized carbons (Fsp3) is 0.750. The van der Waals surface area contributed by atoms with Gasteiger partial charge in [0.2, 0.25) is 5.91 Å². The van der Waals surface area contributed by atoms with Crippen molar-refractivity contribution in [1.82, 2.24) is 20.4 Å². The molecule has 21 heavy (non-hydrogen) atoms. The van der Waals surface area contributed by atoms with Crippen LogP contribution in [-0.4, -0.2) is 35.3 Å². The van der Waals surface area contributed by atoms with Crippen LogP contribution in [0.3, 0.4) is 0 Å². The van der Waals surface area contributed by atoms with Crippen LogP contribution in [0.1, 0.15) is 39.5 Å². The first-order valence-electron chi connectivity index (χ1n) is 8.08. The van der Waals surface area contributed by atoms with Gasteiger partial charge in [-0.05, 0) is 56.2 Å². The van der Waals surface area contributed by atoms with E-state index >= 15 is 0 Å². The molecule has 2 N–H and O–H groups in total. The second-order valence-corrected chi connectivity index (χ2v) is 6.93. The van der Waals surface area contributed by atoms with Gasteiger partial charge in [0.05, 0.1) is 0 Å². The van der Waals surface area contributed by atoms with Crippen LogP contribution in [-0.2, 0) is 10.3 Å². The van der Waals surface area contributed by atoms with Gasteiger partial charge in [0, 0.05) is 18.9 Å². The molecule has 3 rings (SSSR count). The van der Waals surface area contributed by atoms with Crippen LogP contribution >= 0.6 is 0 Å². The normalized spacial score (nSPS) is 23.0. The summed E-state index contributed by atoms with van der Waals surface area (Å²) in [5.41, 5.74) is -0.171. The van der Waals surface area contributed by atoms with Crippen LogP contribution in [0.2, 0.25) is 0 Å². The molecule has 0 radical (unpaired) electrons. The summed E-state index contributed by atoms with van der Waals surface area (Å²) in [5.74, 6) is 0.770. The minimum Gasteiger partial charge on any atom is -0.353 e. The third kappa shape index (κ3) is 2.59. The Morgan fingerprint density at radius 2 is 2.05 bits per heavy atom.